The molecule has 0 unspecified atom stereocenters. The maximum absolute atomic E-state index is 10.1. The highest BCUT2D eigenvalue weighted by atomic mass is 32.1. The Kier molecular flexibility index (Phi) is 13.1. The van der Waals surface area contributed by atoms with E-state index in [0.717, 1.165) is 29.3 Å². The van der Waals surface area contributed by atoms with Crippen LogP contribution in [-0.4, -0.2) is 62.3 Å². The number of fused-ring (bicyclic) bond motifs is 2. The van der Waals surface area contributed by atoms with Crippen LogP contribution in [0.3, 0.4) is 0 Å². The van der Waals surface area contributed by atoms with Crippen LogP contribution in [0.1, 0.15) is 63.0 Å². The predicted molar refractivity (Wildman–Crippen MR) is 165 cm³/mol. The maximum atomic E-state index is 10.1. The fraction of sp³-hybridized carbons (Fsp3) is 0.531. The minimum Gasteiger partial charge on any atom is -0.497 e. The molecule has 0 aliphatic carbocycles. The molecule has 1 amide bonds. The maximum Gasteiger partial charge on any atom is 0.231 e. The Morgan fingerprint density at radius 2 is 1.64 bits per heavy atom. The van der Waals surface area contributed by atoms with Gasteiger partial charge in [0.1, 0.15) is 5.75 Å². The van der Waals surface area contributed by atoms with Gasteiger partial charge in [0.05, 0.1) is 7.11 Å². The Balaban J connectivity index is 0.000000189. The van der Waals surface area contributed by atoms with Crippen molar-refractivity contribution in [2.45, 2.75) is 79.8 Å². The first-order valence-corrected chi connectivity index (χ1v) is 14.6. The van der Waals surface area contributed by atoms with Crippen molar-refractivity contribution in [2.75, 3.05) is 34.5 Å². The molecule has 0 spiro atoms. The summed E-state index contributed by atoms with van der Waals surface area (Å²) in [7, 11) is 5.15. The second-order valence-corrected chi connectivity index (χ2v) is 11.6. The average Bonchev–Trinajstić information content (AvgIpc) is 3.48. The summed E-state index contributed by atoms with van der Waals surface area (Å²) in [5.74, 6) is 2.74. The number of hydrogen-bond donors (Lipinski definition) is 0. The summed E-state index contributed by atoms with van der Waals surface area (Å²) < 4.78 is 16.8. The molecule has 1 aromatic heterocycles. The SMILES string of the molecule is CC(=O)N(C)C.CCN1[C@H](C)CCC[C@@H]1C.COc1ccc2c(C)c(C)sc2c1.Cc1ccc2c(c1)OCO2. The van der Waals surface area contributed by atoms with E-state index in [1.165, 1.54) is 63.7 Å². The number of carbonyl (C=O) groups excluding carboxylic acids is 1. The van der Waals surface area contributed by atoms with E-state index in [9.17, 15) is 4.79 Å². The lowest BCUT2D eigenvalue weighted by atomic mass is 9.98. The van der Waals surface area contributed by atoms with Crippen LogP contribution in [0.4, 0.5) is 0 Å². The third-order valence-electron chi connectivity index (χ3n) is 7.28. The van der Waals surface area contributed by atoms with Gasteiger partial charge >= 0.3 is 0 Å². The molecule has 2 aliphatic rings. The minimum atomic E-state index is 0.0926. The lowest BCUT2D eigenvalue weighted by Crippen LogP contribution is -2.43. The lowest BCUT2D eigenvalue weighted by Gasteiger charge is -2.38. The number of likely N-dealkylation sites (tertiary alicyclic amines) is 1. The molecule has 3 heterocycles. The van der Waals surface area contributed by atoms with Gasteiger partial charge in [-0.2, -0.15) is 0 Å². The number of rotatable bonds is 2. The van der Waals surface area contributed by atoms with Crippen molar-refractivity contribution in [3.8, 4) is 17.2 Å². The van der Waals surface area contributed by atoms with Crippen LogP contribution in [0.2, 0.25) is 0 Å². The predicted octanol–water partition coefficient (Wildman–Crippen LogP) is 7.61. The quantitative estimate of drug-likeness (QED) is 0.325. The number of hydrogen-bond acceptors (Lipinski definition) is 6. The molecule has 2 atom stereocenters. The molecule has 1 saturated heterocycles. The fourth-order valence-corrected chi connectivity index (χ4v) is 5.66. The van der Waals surface area contributed by atoms with Crippen LogP contribution in [0.25, 0.3) is 10.1 Å². The number of benzene rings is 2. The third kappa shape index (κ3) is 9.73. The molecule has 0 saturated carbocycles. The van der Waals surface area contributed by atoms with E-state index in [1.54, 1.807) is 21.2 Å². The van der Waals surface area contributed by atoms with Crippen LogP contribution in [0.15, 0.2) is 36.4 Å². The first kappa shape index (κ1) is 32.4. The van der Waals surface area contributed by atoms with E-state index in [2.05, 4.69) is 51.7 Å². The summed E-state index contributed by atoms with van der Waals surface area (Å²) in [6.45, 7) is 16.4. The Morgan fingerprint density at radius 3 is 2.18 bits per heavy atom. The summed E-state index contributed by atoms with van der Waals surface area (Å²) in [5.41, 5.74) is 2.59. The van der Waals surface area contributed by atoms with Gasteiger partial charge in [-0.25, -0.2) is 0 Å². The zero-order valence-corrected chi connectivity index (χ0v) is 26.4. The van der Waals surface area contributed by atoms with Crippen molar-refractivity contribution in [1.82, 2.24) is 9.80 Å². The molecule has 3 aromatic rings. The second kappa shape index (κ2) is 15.7. The molecular weight excluding hydrogens is 508 g/mol. The molecule has 2 aliphatic heterocycles. The summed E-state index contributed by atoms with van der Waals surface area (Å²) in [4.78, 5) is 15.6. The molecular formula is C32H48N2O4S. The van der Waals surface area contributed by atoms with Gasteiger partial charge in [0, 0.05) is 42.7 Å². The number of nitrogens with zero attached hydrogens (tertiary/aromatic N) is 2. The van der Waals surface area contributed by atoms with E-state index >= 15 is 0 Å². The first-order valence-electron chi connectivity index (χ1n) is 13.8. The molecule has 39 heavy (non-hydrogen) atoms. The topological polar surface area (TPSA) is 51.2 Å². The molecule has 0 N–H and O–H groups in total. The number of aryl methyl sites for hydroxylation is 3. The fourth-order valence-electron chi connectivity index (χ4n) is 4.56. The van der Waals surface area contributed by atoms with Gasteiger partial charge in [0.25, 0.3) is 0 Å². The highest BCUT2D eigenvalue weighted by Crippen LogP contribution is 2.33. The van der Waals surface area contributed by atoms with Crippen molar-refractivity contribution in [3.05, 3.63) is 52.4 Å². The van der Waals surface area contributed by atoms with E-state index in [4.69, 9.17) is 14.2 Å². The molecule has 5 rings (SSSR count). The van der Waals surface area contributed by atoms with Crippen molar-refractivity contribution in [1.29, 1.82) is 0 Å². The second-order valence-electron chi connectivity index (χ2n) is 10.4. The molecule has 0 radical (unpaired) electrons. The van der Waals surface area contributed by atoms with Crippen molar-refractivity contribution < 1.29 is 19.0 Å². The lowest BCUT2D eigenvalue weighted by molar-refractivity contribution is -0.126. The normalized spacial score (nSPS) is 17.6. The van der Waals surface area contributed by atoms with Gasteiger partial charge < -0.3 is 19.1 Å². The van der Waals surface area contributed by atoms with Crippen molar-refractivity contribution in [3.63, 3.8) is 0 Å². The standard InChI is InChI=1S/C11H12OS.C9H19N.C8H8O2.C4H9NO/c1-7-8(2)13-11-6-9(12-3)4-5-10(7)11;1-4-10-8(2)6-5-7-9(10)3;1-6-2-3-7-8(4-6)10-5-9-7;1-4(6)5(2)3/h4-6H,1-3H3;8-9H,4-7H2,1-3H3;2-4H,5H2,1H3;1-3H3/t;8-,9+;;. The number of carbonyl (C=O) groups is 1. The minimum absolute atomic E-state index is 0.0926. The van der Waals surface area contributed by atoms with Gasteiger partial charge in [-0.1, -0.05) is 19.4 Å². The highest BCUT2D eigenvalue weighted by Gasteiger charge is 2.22. The van der Waals surface area contributed by atoms with Gasteiger partial charge in [0.15, 0.2) is 11.5 Å². The van der Waals surface area contributed by atoms with Crippen LogP contribution in [-0.2, 0) is 4.79 Å². The van der Waals surface area contributed by atoms with Crippen LogP contribution in [0, 0.1) is 20.8 Å². The van der Waals surface area contributed by atoms with Crippen LogP contribution < -0.4 is 14.2 Å². The van der Waals surface area contributed by atoms with E-state index in [-0.39, 0.29) is 5.91 Å². The molecule has 216 valence electrons. The Bertz CT molecular complexity index is 1180. The third-order valence-corrected chi connectivity index (χ3v) is 8.45. The van der Waals surface area contributed by atoms with Crippen molar-refractivity contribution in [2.24, 2.45) is 0 Å². The van der Waals surface area contributed by atoms with Crippen LogP contribution >= 0.6 is 11.3 Å². The molecule has 0 bridgehead atoms. The van der Waals surface area contributed by atoms with Gasteiger partial charge in [-0.15, -0.1) is 11.3 Å². The smallest absolute Gasteiger partial charge is 0.231 e. The number of piperidine rings is 1. The van der Waals surface area contributed by atoms with E-state index < -0.39 is 0 Å². The number of methoxy groups -OCH3 is 1. The number of ether oxygens (including phenoxy) is 3. The van der Waals surface area contributed by atoms with Crippen LogP contribution in [0.5, 0.6) is 17.2 Å². The summed E-state index contributed by atoms with van der Waals surface area (Å²) in [6, 6.07) is 13.8. The largest absolute Gasteiger partial charge is 0.497 e. The zero-order chi connectivity index (χ0) is 29.1. The zero-order valence-electron chi connectivity index (χ0n) is 25.6. The Hall–Kier alpha value is -2.77. The highest BCUT2D eigenvalue weighted by molar-refractivity contribution is 7.19. The van der Waals surface area contributed by atoms with E-state index in [1.807, 2.05) is 42.5 Å². The van der Waals surface area contributed by atoms with Gasteiger partial charge in [-0.05, 0) is 101 Å². The molecule has 6 nitrogen and oxygen atoms in total. The summed E-state index contributed by atoms with van der Waals surface area (Å²) in [6.07, 6.45) is 4.23. The Labute approximate surface area is 239 Å². The number of amides is 1. The van der Waals surface area contributed by atoms with Gasteiger partial charge in [0.2, 0.25) is 12.7 Å². The number of thiophene rings is 1. The van der Waals surface area contributed by atoms with Crippen molar-refractivity contribution >= 4 is 27.3 Å². The van der Waals surface area contributed by atoms with E-state index in [0.29, 0.717) is 6.79 Å². The molecule has 1 fully saturated rings. The Morgan fingerprint density at radius 1 is 1.03 bits per heavy atom. The average molecular weight is 557 g/mol. The summed E-state index contributed by atoms with van der Waals surface area (Å²) >= 11 is 1.83. The van der Waals surface area contributed by atoms with Gasteiger partial charge in [-0.3, -0.25) is 9.69 Å². The molecule has 2 aromatic carbocycles. The molecule has 7 heteroatoms. The first-order chi connectivity index (χ1) is 18.5. The summed E-state index contributed by atoms with van der Waals surface area (Å²) in [5, 5.41) is 1.35. The monoisotopic (exact) mass is 556 g/mol.